The summed E-state index contributed by atoms with van der Waals surface area (Å²) in [6.45, 7) is 10.7. The maximum Gasteiger partial charge on any atom is 0.231 e. The Bertz CT molecular complexity index is 353. The van der Waals surface area contributed by atoms with Gasteiger partial charge in [0.25, 0.3) is 0 Å². The third kappa shape index (κ3) is 3.28. The summed E-state index contributed by atoms with van der Waals surface area (Å²) in [5.74, 6) is -0.116. The minimum absolute atomic E-state index is 0.116. The van der Waals surface area contributed by atoms with Crippen LogP contribution in [-0.4, -0.2) is 16.0 Å². The minimum atomic E-state index is -1.04. The summed E-state index contributed by atoms with van der Waals surface area (Å²) in [6.07, 6.45) is 0.413. The Balaban J connectivity index is 2.70. The number of nitrogens with one attached hydrogen (secondary N) is 1. The Labute approximate surface area is 93.4 Å². The lowest BCUT2D eigenvalue weighted by Gasteiger charge is -2.15. The van der Waals surface area contributed by atoms with Crippen LogP contribution in [0.5, 0.6) is 0 Å². The lowest BCUT2D eigenvalue weighted by molar-refractivity contribution is -0.123. The van der Waals surface area contributed by atoms with Crippen molar-refractivity contribution >= 4 is 22.4 Å². The van der Waals surface area contributed by atoms with E-state index >= 15 is 0 Å². The van der Waals surface area contributed by atoms with Crippen molar-refractivity contribution in [3.05, 3.63) is 18.0 Å². The lowest BCUT2D eigenvalue weighted by atomic mass is 9.96. The molecule has 0 aliphatic heterocycles. The summed E-state index contributed by atoms with van der Waals surface area (Å²) >= 11 is 1.17. The van der Waals surface area contributed by atoms with Crippen molar-refractivity contribution in [1.29, 1.82) is 0 Å². The minimum Gasteiger partial charge on any atom is -0.387 e. The second-order valence-corrected chi connectivity index (χ2v) is 5.28. The van der Waals surface area contributed by atoms with Crippen LogP contribution in [-0.2, 0) is 4.79 Å². The number of carbonyl (C=O) groups excluding carboxylic acids is 1. The molecule has 0 saturated carbocycles. The van der Waals surface area contributed by atoms with E-state index in [9.17, 15) is 4.79 Å². The van der Waals surface area contributed by atoms with Crippen LogP contribution >= 0.6 is 11.3 Å². The number of rotatable bonds is 2. The second kappa shape index (κ2) is 4.28. The van der Waals surface area contributed by atoms with E-state index in [2.05, 4.69) is 10.3 Å². The van der Waals surface area contributed by atoms with Gasteiger partial charge in [-0.3, -0.25) is 4.79 Å². The molecule has 1 rings (SSSR count). The van der Waals surface area contributed by atoms with Crippen molar-refractivity contribution in [2.75, 3.05) is 5.32 Å². The van der Waals surface area contributed by atoms with Gasteiger partial charge in [-0.05, 0) is 0 Å². The monoisotopic (exact) mass is 226 g/mol. The summed E-state index contributed by atoms with van der Waals surface area (Å²) in [5.41, 5.74) is -0.465. The lowest BCUT2D eigenvalue weighted by Crippen LogP contribution is -2.27. The molecule has 0 fully saturated rings. The number of amides is 1. The van der Waals surface area contributed by atoms with Crippen LogP contribution in [0.4, 0.5) is 5.13 Å². The molecular formula is C10H14N2O2S. The number of thiazole rings is 1. The van der Waals surface area contributed by atoms with Crippen molar-refractivity contribution in [3.8, 4) is 0 Å². The molecule has 2 N–H and O–H groups in total. The molecule has 15 heavy (non-hydrogen) atoms. The maximum absolute atomic E-state index is 11.6. The summed E-state index contributed by atoms with van der Waals surface area (Å²) < 4.78 is 0. The molecule has 0 aliphatic carbocycles. The molecule has 1 heterocycles. The Kier molecular flexibility index (Phi) is 3.46. The van der Waals surface area contributed by atoms with Crippen molar-refractivity contribution in [2.45, 2.75) is 26.9 Å². The Morgan fingerprint density at radius 2 is 2.27 bits per heavy atom. The highest BCUT2D eigenvalue weighted by atomic mass is 32.1. The van der Waals surface area contributed by atoms with Gasteiger partial charge in [0.2, 0.25) is 5.91 Å². The van der Waals surface area contributed by atoms with Crippen molar-refractivity contribution in [3.63, 3.8) is 0 Å². The molecule has 82 valence electrons. The fraction of sp³-hybridized carbons (Fsp3) is 0.500. The number of carbonyl (C=O) groups is 1. The fourth-order valence-electron chi connectivity index (χ4n) is 0.766. The largest absolute Gasteiger partial charge is 0.387 e. The summed E-state index contributed by atoms with van der Waals surface area (Å²) in [7, 11) is 0. The molecule has 4 nitrogen and oxygen atoms in total. The molecule has 1 aromatic rings. The van der Waals surface area contributed by atoms with E-state index in [4.69, 9.17) is 12.0 Å². The number of aliphatic hydroxyl groups is 1. The molecule has 0 bridgehead atoms. The number of hydrogen-bond acceptors (Lipinski definition) is 4. The molecule has 0 spiro atoms. The quantitative estimate of drug-likeness (QED) is 0.809. The number of nitrogens with zero attached hydrogens (tertiary/aromatic N) is 1. The zero-order valence-corrected chi connectivity index (χ0v) is 9.76. The summed E-state index contributed by atoms with van der Waals surface area (Å²) in [5, 5.41) is 12.2. The molecule has 1 aromatic heterocycles. The van der Waals surface area contributed by atoms with E-state index in [1.165, 1.54) is 17.5 Å². The average Bonchev–Trinajstić information content (AvgIpc) is 2.50. The zero-order valence-electron chi connectivity index (χ0n) is 8.94. The Morgan fingerprint density at radius 3 is 2.67 bits per heavy atom. The SMILES string of the molecule is [CH]C(O)c1cnc(NC(=O)C(C)(C)C)s1. The van der Waals surface area contributed by atoms with Gasteiger partial charge in [-0.1, -0.05) is 32.1 Å². The van der Waals surface area contributed by atoms with E-state index in [1.54, 1.807) is 0 Å². The van der Waals surface area contributed by atoms with Gasteiger partial charge in [-0.15, -0.1) is 0 Å². The van der Waals surface area contributed by atoms with Gasteiger partial charge in [0, 0.05) is 18.5 Å². The van der Waals surface area contributed by atoms with Gasteiger partial charge in [0.05, 0.1) is 11.0 Å². The molecule has 0 aromatic carbocycles. The van der Waals surface area contributed by atoms with Crippen LogP contribution in [0.25, 0.3) is 0 Å². The van der Waals surface area contributed by atoms with Gasteiger partial charge in [-0.25, -0.2) is 4.98 Å². The summed E-state index contributed by atoms with van der Waals surface area (Å²) in [6, 6.07) is 0. The molecular weight excluding hydrogens is 212 g/mol. The second-order valence-electron chi connectivity index (χ2n) is 4.22. The number of aromatic nitrogens is 1. The maximum atomic E-state index is 11.6. The van der Waals surface area contributed by atoms with Crippen LogP contribution in [0, 0.1) is 12.3 Å². The highest BCUT2D eigenvalue weighted by Gasteiger charge is 2.22. The predicted molar refractivity (Wildman–Crippen MR) is 59.5 cm³/mol. The topological polar surface area (TPSA) is 62.2 Å². The van der Waals surface area contributed by atoms with E-state index in [0.29, 0.717) is 10.0 Å². The van der Waals surface area contributed by atoms with Crippen LogP contribution in [0.1, 0.15) is 31.8 Å². The molecule has 2 radical (unpaired) electrons. The molecule has 1 amide bonds. The molecule has 1 atom stereocenters. The van der Waals surface area contributed by atoms with Crippen LogP contribution in [0.2, 0.25) is 0 Å². The molecule has 5 heteroatoms. The Morgan fingerprint density at radius 1 is 1.67 bits per heavy atom. The van der Waals surface area contributed by atoms with Gasteiger partial charge in [0.15, 0.2) is 5.13 Å². The molecule has 0 aliphatic rings. The van der Waals surface area contributed by atoms with Gasteiger partial charge < -0.3 is 10.4 Å². The van der Waals surface area contributed by atoms with E-state index < -0.39 is 11.5 Å². The van der Waals surface area contributed by atoms with Gasteiger partial charge in [-0.2, -0.15) is 0 Å². The van der Waals surface area contributed by atoms with Crippen molar-refractivity contribution in [1.82, 2.24) is 4.98 Å². The van der Waals surface area contributed by atoms with Crippen molar-refractivity contribution in [2.24, 2.45) is 5.41 Å². The highest BCUT2D eigenvalue weighted by molar-refractivity contribution is 7.15. The molecule has 0 saturated heterocycles. The normalized spacial score (nSPS) is 13.7. The zero-order chi connectivity index (χ0) is 11.6. The third-order valence-electron chi connectivity index (χ3n) is 1.72. The fourth-order valence-corrected chi connectivity index (χ4v) is 1.46. The third-order valence-corrected chi connectivity index (χ3v) is 2.70. The Hall–Kier alpha value is -0.940. The number of aliphatic hydroxyl groups excluding tert-OH is 1. The first-order valence-corrected chi connectivity index (χ1v) is 5.33. The first-order chi connectivity index (χ1) is 6.80. The standard InChI is InChI=1S/C10H14N2O2S/c1-6(13)7-5-11-9(15-7)12-8(14)10(2,3)4/h1,5-6,13H,2-4H3,(H,11,12,14). The summed E-state index contributed by atoms with van der Waals surface area (Å²) in [4.78, 5) is 16.0. The average molecular weight is 226 g/mol. The number of hydrogen-bond donors (Lipinski definition) is 2. The van der Waals surface area contributed by atoms with Gasteiger partial charge >= 0.3 is 0 Å². The highest BCUT2D eigenvalue weighted by Crippen LogP contribution is 2.25. The predicted octanol–water partition coefficient (Wildman–Crippen LogP) is 1.87. The van der Waals surface area contributed by atoms with E-state index in [-0.39, 0.29) is 5.91 Å². The number of anilines is 1. The molecule has 1 unspecified atom stereocenters. The smallest absolute Gasteiger partial charge is 0.231 e. The van der Waals surface area contributed by atoms with Gasteiger partial charge in [0.1, 0.15) is 0 Å². The van der Waals surface area contributed by atoms with Crippen LogP contribution in [0.15, 0.2) is 6.20 Å². The first-order valence-electron chi connectivity index (χ1n) is 4.51. The van der Waals surface area contributed by atoms with Crippen LogP contribution in [0.3, 0.4) is 0 Å². The van der Waals surface area contributed by atoms with E-state index in [0.717, 1.165) is 0 Å². The van der Waals surface area contributed by atoms with E-state index in [1.807, 2.05) is 20.8 Å². The van der Waals surface area contributed by atoms with Crippen molar-refractivity contribution < 1.29 is 9.90 Å². The first kappa shape index (κ1) is 12.1. The van der Waals surface area contributed by atoms with Crippen LogP contribution < -0.4 is 5.32 Å².